The van der Waals surface area contributed by atoms with Gasteiger partial charge < -0.3 is 10.1 Å². The minimum atomic E-state index is -1.32. The van der Waals surface area contributed by atoms with Gasteiger partial charge >= 0.3 is 5.97 Å². The van der Waals surface area contributed by atoms with Crippen molar-refractivity contribution in [2.75, 3.05) is 0 Å². The van der Waals surface area contributed by atoms with Gasteiger partial charge in [0.05, 0.1) is 6.42 Å². The molecule has 1 fully saturated rings. The van der Waals surface area contributed by atoms with Crippen molar-refractivity contribution >= 4 is 28.8 Å². The van der Waals surface area contributed by atoms with Gasteiger partial charge in [0.15, 0.2) is 10.7 Å². The molecule has 0 saturated carbocycles. The van der Waals surface area contributed by atoms with Gasteiger partial charge in [0.2, 0.25) is 0 Å². The first-order chi connectivity index (χ1) is 13.5. The van der Waals surface area contributed by atoms with E-state index in [1.54, 1.807) is 0 Å². The third-order valence-corrected chi connectivity index (χ3v) is 5.63. The number of carbonyl (C=O) groups is 3. The van der Waals surface area contributed by atoms with Crippen LogP contribution in [0.4, 0.5) is 0 Å². The lowest BCUT2D eigenvalue weighted by atomic mass is 9.85. The van der Waals surface area contributed by atoms with Crippen molar-refractivity contribution in [3.63, 3.8) is 0 Å². The second-order valence-corrected chi connectivity index (χ2v) is 8.42. The molecule has 1 amide bonds. The van der Waals surface area contributed by atoms with Crippen LogP contribution < -0.4 is 5.32 Å². The van der Waals surface area contributed by atoms with E-state index in [2.05, 4.69) is 5.32 Å². The number of hydrogen-bond donors (Lipinski definition) is 1. The maximum Gasteiger partial charge on any atom is 0.308 e. The molecule has 2 atom stereocenters. The van der Waals surface area contributed by atoms with Gasteiger partial charge in [-0.3, -0.25) is 14.4 Å². The Labute approximate surface area is 168 Å². The standard InChI is InChI=1S/C22H23NO4S/c1-16(24)28-19-12-20(25)27-22(14-19,13-17-8-4-2-5-9-17)21(26)23-15-18-10-6-3-7-11-18/h2-11,19H,12-15H2,1H3,(H,23,26)/t19-,22-/m1/s1. The second-order valence-electron chi connectivity index (χ2n) is 6.94. The summed E-state index contributed by atoms with van der Waals surface area (Å²) in [6.07, 6.45) is 0.709. The number of ether oxygens (including phenoxy) is 1. The van der Waals surface area contributed by atoms with Crippen molar-refractivity contribution < 1.29 is 19.1 Å². The van der Waals surface area contributed by atoms with E-state index in [4.69, 9.17) is 4.74 Å². The SMILES string of the molecule is CC(=O)S[C@@H]1CC(=O)O[C@@](Cc2ccccc2)(C(=O)NCc2ccccc2)C1. The zero-order valence-corrected chi connectivity index (χ0v) is 16.5. The Kier molecular flexibility index (Phi) is 6.52. The molecule has 1 saturated heterocycles. The second kappa shape index (κ2) is 9.06. The summed E-state index contributed by atoms with van der Waals surface area (Å²) in [5.41, 5.74) is 0.541. The summed E-state index contributed by atoms with van der Waals surface area (Å²) in [7, 11) is 0. The van der Waals surface area contributed by atoms with Gasteiger partial charge in [-0.2, -0.15) is 0 Å². The van der Waals surface area contributed by atoms with Gasteiger partial charge in [-0.15, -0.1) is 0 Å². The van der Waals surface area contributed by atoms with Crippen LogP contribution in [-0.4, -0.2) is 27.8 Å². The fraction of sp³-hybridized carbons (Fsp3) is 0.318. The van der Waals surface area contributed by atoms with Crippen LogP contribution in [0.5, 0.6) is 0 Å². The highest BCUT2D eigenvalue weighted by Crippen LogP contribution is 2.36. The van der Waals surface area contributed by atoms with Crippen LogP contribution in [0.1, 0.15) is 30.9 Å². The predicted molar refractivity (Wildman–Crippen MR) is 109 cm³/mol. The fourth-order valence-electron chi connectivity index (χ4n) is 3.44. The fourth-order valence-corrected chi connectivity index (χ4v) is 4.48. The monoisotopic (exact) mass is 397 g/mol. The predicted octanol–water partition coefficient (Wildman–Crippen LogP) is 3.27. The maximum absolute atomic E-state index is 13.2. The molecule has 0 aliphatic carbocycles. The van der Waals surface area contributed by atoms with E-state index in [9.17, 15) is 14.4 Å². The number of cyclic esters (lactones) is 1. The van der Waals surface area contributed by atoms with Crippen LogP contribution in [0.15, 0.2) is 60.7 Å². The van der Waals surface area contributed by atoms with E-state index in [0.717, 1.165) is 22.9 Å². The van der Waals surface area contributed by atoms with Gasteiger partial charge in [-0.25, -0.2) is 0 Å². The van der Waals surface area contributed by atoms with E-state index in [0.29, 0.717) is 13.0 Å². The number of esters is 1. The van der Waals surface area contributed by atoms with Crippen molar-refractivity contribution in [3.8, 4) is 0 Å². The molecule has 6 heteroatoms. The van der Waals surface area contributed by atoms with Crippen molar-refractivity contribution in [2.24, 2.45) is 0 Å². The zero-order valence-electron chi connectivity index (χ0n) is 15.7. The van der Waals surface area contributed by atoms with E-state index in [1.165, 1.54) is 6.92 Å². The molecule has 2 aromatic carbocycles. The number of nitrogens with one attached hydrogen (secondary N) is 1. The van der Waals surface area contributed by atoms with E-state index >= 15 is 0 Å². The number of rotatable bonds is 6. The van der Waals surface area contributed by atoms with Gasteiger partial charge in [-0.1, -0.05) is 72.4 Å². The summed E-state index contributed by atoms with van der Waals surface area (Å²) in [5, 5.41) is 2.57. The van der Waals surface area contributed by atoms with Gasteiger partial charge in [0.25, 0.3) is 5.91 Å². The Morgan fingerprint density at radius 2 is 1.68 bits per heavy atom. The molecule has 1 N–H and O–H groups in total. The van der Waals surface area contributed by atoms with E-state index in [-0.39, 0.29) is 29.1 Å². The molecule has 28 heavy (non-hydrogen) atoms. The van der Waals surface area contributed by atoms with E-state index < -0.39 is 11.6 Å². The molecule has 1 heterocycles. The molecule has 146 valence electrons. The van der Waals surface area contributed by atoms with Crippen LogP contribution in [-0.2, 0) is 32.1 Å². The highest BCUT2D eigenvalue weighted by Gasteiger charge is 2.48. The lowest BCUT2D eigenvalue weighted by Crippen LogP contribution is -2.55. The highest BCUT2D eigenvalue weighted by molar-refractivity contribution is 8.14. The first-order valence-electron chi connectivity index (χ1n) is 9.22. The molecule has 5 nitrogen and oxygen atoms in total. The number of carbonyl (C=O) groups excluding carboxylic acids is 3. The Morgan fingerprint density at radius 1 is 1.07 bits per heavy atom. The topological polar surface area (TPSA) is 72.5 Å². The van der Waals surface area contributed by atoms with Crippen molar-refractivity contribution in [2.45, 2.75) is 43.6 Å². The molecule has 0 aromatic heterocycles. The average Bonchev–Trinajstić information content (AvgIpc) is 2.66. The lowest BCUT2D eigenvalue weighted by Gasteiger charge is -2.38. The Balaban J connectivity index is 1.83. The van der Waals surface area contributed by atoms with Gasteiger partial charge in [0, 0.05) is 31.6 Å². The number of benzene rings is 2. The Bertz CT molecular complexity index is 838. The van der Waals surface area contributed by atoms with Crippen molar-refractivity contribution in [1.29, 1.82) is 0 Å². The minimum absolute atomic E-state index is 0.0713. The number of hydrogen-bond acceptors (Lipinski definition) is 5. The maximum atomic E-state index is 13.2. The summed E-state index contributed by atoms with van der Waals surface area (Å²) in [4.78, 5) is 37.1. The summed E-state index contributed by atoms with van der Waals surface area (Å²) in [6.45, 7) is 1.82. The van der Waals surface area contributed by atoms with Gasteiger partial charge in [0.1, 0.15) is 0 Å². The first-order valence-corrected chi connectivity index (χ1v) is 10.1. The third-order valence-electron chi connectivity index (χ3n) is 4.64. The molecular formula is C22H23NO4S. The molecule has 1 aliphatic heterocycles. The molecule has 0 unspecified atom stereocenters. The number of thioether (sulfide) groups is 1. The summed E-state index contributed by atoms with van der Waals surface area (Å²) < 4.78 is 5.66. The quantitative estimate of drug-likeness (QED) is 0.758. The molecule has 0 spiro atoms. The van der Waals surface area contributed by atoms with Gasteiger partial charge in [-0.05, 0) is 11.1 Å². The van der Waals surface area contributed by atoms with Crippen LogP contribution in [0, 0.1) is 0 Å². The summed E-state index contributed by atoms with van der Waals surface area (Å²) in [5.74, 6) is -0.779. The smallest absolute Gasteiger partial charge is 0.308 e. The average molecular weight is 397 g/mol. The molecule has 2 aromatic rings. The Hall–Kier alpha value is -2.60. The Morgan fingerprint density at radius 3 is 2.29 bits per heavy atom. The molecule has 3 rings (SSSR count). The molecule has 0 bridgehead atoms. The van der Waals surface area contributed by atoms with Crippen LogP contribution >= 0.6 is 11.8 Å². The van der Waals surface area contributed by atoms with Crippen molar-refractivity contribution in [1.82, 2.24) is 5.32 Å². The number of amides is 1. The van der Waals surface area contributed by atoms with E-state index in [1.807, 2.05) is 60.7 Å². The molecule has 0 radical (unpaired) electrons. The molecule has 1 aliphatic rings. The van der Waals surface area contributed by atoms with Crippen LogP contribution in [0.25, 0.3) is 0 Å². The highest BCUT2D eigenvalue weighted by atomic mass is 32.2. The third kappa shape index (κ3) is 5.23. The zero-order chi connectivity index (χ0) is 20.0. The molecular weight excluding hydrogens is 374 g/mol. The normalized spacial score (nSPS) is 21.6. The summed E-state index contributed by atoms with van der Waals surface area (Å²) in [6, 6.07) is 19.0. The first kappa shape index (κ1) is 20.1. The largest absolute Gasteiger partial charge is 0.448 e. The summed E-state index contributed by atoms with van der Waals surface area (Å²) >= 11 is 1.10. The minimum Gasteiger partial charge on any atom is -0.448 e. The van der Waals surface area contributed by atoms with Crippen LogP contribution in [0.2, 0.25) is 0 Å². The van der Waals surface area contributed by atoms with Crippen LogP contribution in [0.3, 0.4) is 0 Å². The lowest BCUT2D eigenvalue weighted by molar-refractivity contribution is -0.175. The van der Waals surface area contributed by atoms with Crippen molar-refractivity contribution in [3.05, 3.63) is 71.8 Å².